The molecule has 0 aliphatic rings. The summed E-state index contributed by atoms with van der Waals surface area (Å²) in [7, 11) is -3.47. The number of aromatic nitrogens is 1. The number of fused-ring (bicyclic) bond motifs is 1. The number of nitrogens with zero attached hydrogens (tertiary/aromatic N) is 1. The van der Waals surface area contributed by atoms with Crippen molar-refractivity contribution in [3.05, 3.63) is 66.2 Å². The number of para-hydroxylation sites is 1. The Balaban J connectivity index is 2.13. The first-order valence-electron chi connectivity index (χ1n) is 6.48. The monoisotopic (exact) mass is 298 g/mol. The van der Waals surface area contributed by atoms with Gasteiger partial charge in [0.2, 0.25) is 0 Å². The van der Waals surface area contributed by atoms with Gasteiger partial charge in [-0.15, -0.1) is 0 Å². The number of nitrogen functional groups attached to an aromatic ring is 1. The number of rotatable bonds is 3. The third kappa shape index (κ3) is 2.73. The normalized spacial score (nSPS) is 11.6. The van der Waals surface area contributed by atoms with Gasteiger partial charge in [0, 0.05) is 5.39 Å². The van der Waals surface area contributed by atoms with E-state index >= 15 is 0 Å². The molecule has 0 bridgehead atoms. The molecular weight excluding hydrogens is 284 g/mol. The van der Waals surface area contributed by atoms with Gasteiger partial charge in [0.15, 0.2) is 9.84 Å². The first-order chi connectivity index (χ1) is 10.1. The molecule has 0 fully saturated rings. The molecule has 5 heteroatoms. The SMILES string of the molecule is Nc1ccc2cccc(S(=O)(=O)Cc3ccccc3)c2n1. The van der Waals surface area contributed by atoms with Crippen molar-refractivity contribution >= 4 is 26.6 Å². The van der Waals surface area contributed by atoms with E-state index in [4.69, 9.17) is 5.73 Å². The van der Waals surface area contributed by atoms with Gasteiger partial charge in [-0.25, -0.2) is 13.4 Å². The zero-order valence-corrected chi connectivity index (χ0v) is 12.0. The van der Waals surface area contributed by atoms with Crippen LogP contribution in [0.3, 0.4) is 0 Å². The van der Waals surface area contributed by atoms with Crippen LogP contribution in [0.15, 0.2) is 65.6 Å². The highest BCUT2D eigenvalue weighted by Gasteiger charge is 2.19. The number of pyridine rings is 1. The predicted octanol–water partition coefficient (Wildman–Crippen LogP) is 2.79. The maximum Gasteiger partial charge on any atom is 0.184 e. The molecule has 0 saturated carbocycles. The van der Waals surface area contributed by atoms with Gasteiger partial charge < -0.3 is 5.73 Å². The first-order valence-corrected chi connectivity index (χ1v) is 8.13. The number of sulfone groups is 1. The highest BCUT2D eigenvalue weighted by atomic mass is 32.2. The van der Waals surface area contributed by atoms with Crippen LogP contribution in [0.5, 0.6) is 0 Å². The van der Waals surface area contributed by atoms with E-state index < -0.39 is 9.84 Å². The van der Waals surface area contributed by atoms with Crippen LogP contribution in [-0.4, -0.2) is 13.4 Å². The summed E-state index contributed by atoms with van der Waals surface area (Å²) >= 11 is 0. The molecule has 0 amide bonds. The zero-order valence-electron chi connectivity index (χ0n) is 11.2. The number of benzene rings is 2. The summed E-state index contributed by atoms with van der Waals surface area (Å²) in [6, 6.07) is 17.7. The molecular formula is C16H14N2O2S. The molecule has 21 heavy (non-hydrogen) atoms. The van der Waals surface area contributed by atoms with Crippen LogP contribution < -0.4 is 5.73 Å². The Labute approximate surface area is 123 Å². The lowest BCUT2D eigenvalue weighted by molar-refractivity contribution is 0.596. The van der Waals surface area contributed by atoms with Crippen molar-refractivity contribution in [2.24, 2.45) is 0 Å². The molecule has 3 rings (SSSR count). The van der Waals surface area contributed by atoms with Gasteiger partial charge in [0.1, 0.15) is 5.82 Å². The molecule has 0 unspecified atom stereocenters. The minimum absolute atomic E-state index is 0.0522. The van der Waals surface area contributed by atoms with Gasteiger partial charge >= 0.3 is 0 Å². The van der Waals surface area contributed by atoms with E-state index in [-0.39, 0.29) is 10.6 Å². The Hall–Kier alpha value is -2.40. The molecule has 0 aliphatic heterocycles. The van der Waals surface area contributed by atoms with E-state index in [1.165, 1.54) is 0 Å². The molecule has 0 spiro atoms. The summed E-state index contributed by atoms with van der Waals surface area (Å²) in [6.07, 6.45) is 0. The van der Waals surface area contributed by atoms with Crippen LogP contribution in [0.4, 0.5) is 5.82 Å². The van der Waals surface area contributed by atoms with Gasteiger partial charge in [0.25, 0.3) is 0 Å². The van der Waals surface area contributed by atoms with Crippen molar-refractivity contribution in [3.8, 4) is 0 Å². The third-order valence-corrected chi connectivity index (χ3v) is 4.95. The standard InChI is InChI=1S/C16H14N2O2S/c17-15-10-9-13-7-4-8-14(16(13)18-15)21(19,20)11-12-5-2-1-3-6-12/h1-10H,11H2,(H2,17,18). The Bertz CT molecular complexity index is 891. The molecule has 3 aromatic rings. The number of anilines is 1. The lowest BCUT2D eigenvalue weighted by Gasteiger charge is -2.08. The maximum absolute atomic E-state index is 12.6. The van der Waals surface area contributed by atoms with Crippen molar-refractivity contribution in [3.63, 3.8) is 0 Å². The minimum atomic E-state index is -3.47. The number of hydrogen-bond acceptors (Lipinski definition) is 4. The Morgan fingerprint density at radius 1 is 0.905 bits per heavy atom. The molecule has 0 aliphatic carbocycles. The van der Waals surface area contributed by atoms with Gasteiger partial charge in [-0.1, -0.05) is 42.5 Å². The van der Waals surface area contributed by atoms with Crippen molar-refractivity contribution in [2.75, 3.05) is 5.73 Å². The molecule has 0 saturated heterocycles. The van der Waals surface area contributed by atoms with Crippen molar-refractivity contribution in [1.29, 1.82) is 0 Å². The van der Waals surface area contributed by atoms with Gasteiger partial charge in [-0.3, -0.25) is 0 Å². The lowest BCUT2D eigenvalue weighted by Crippen LogP contribution is -2.06. The van der Waals surface area contributed by atoms with E-state index in [2.05, 4.69) is 4.98 Å². The molecule has 0 radical (unpaired) electrons. The smallest absolute Gasteiger partial charge is 0.184 e. The summed E-state index contributed by atoms with van der Waals surface area (Å²) in [6.45, 7) is 0. The summed E-state index contributed by atoms with van der Waals surface area (Å²) in [5.74, 6) is 0.258. The van der Waals surface area contributed by atoms with Gasteiger partial charge in [-0.05, 0) is 23.8 Å². The largest absolute Gasteiger partial charge is 0.384 e. The Kier molecular flexibility index (Phi) is 3.35. The fourth-order valence-electron chi connectivity index (χ4n) is 2.26. The van der Waals surface area contributed by atoms with Gasteiger partial charge in [0.05, 0.1) is 16.2 Å². The Morgan fingerprint density at radius 3 is 2.43 bits per heavy atom. The molecule has 2 aromatic carbocycles. The van der Waals surface area contributed by atoms with Crippen molar-refractivity contribution < 1.29 is 8.42 Å². The number of hydrogen-bond donors (Lipinski definition) is 1. The summed E-state index contributed by atoms with van der Waals surface area (Å²) in [5, 5.41) is 0.762. The van der Waals surface area contributed by atoms with Crippen LogP contribution >= 0.6 is 0 Å². The second-order valence-electron chi connectivity index (χ2n) is 4.81. The fraction of sp³-hybridized carbons (Fsp3) is 0.0625. The van der Waals surface area contributed by atoms with Crippen LogP contribution in [0.25, 0.3) is 10.9 Å². The second-order valence-corrected chi connectivity index (χ2v) is 6.77. The van der Waals surface area contributed by atoms with Gasteiger partial charge in [-0.2, -0.15) is 0 Å². The van der Waals surface area contributed by atoms with Crippen molar-refractivity contribution in [2.45, 2.75) is 10.6 Å². The second kappa shape index (κ2) is 5.18. The Morgan fingerprint density at radius 2 is 1.67 bits per heavy atom. The van der Waals surface area contributed by atoms with Crippen LogP contribution in [0, 0.1) is 0 Å². The third-order valence-electron chi connectivity index (χ3n) is 3.24. The summed E-state index contributed by atoms with van der Waals surface area (Å²) in [5.41, 5.74) is 6.86. The van der Waals surface area contributed by atoms with Crippen molar-refractivity contribution in [1.82, 2.24) is 4.98 Å². The highest BCUT2D eigenvalue weighted by Crippen LogP contribution is 2.25. The van der Waals surface area contributed by atoms with E-state index in [0.29, 0.717) is 11.3 Å². The molecule has 2 N–H and O–H groups in total. The fourth-order valence-corrected chi connectivity index (χ4v) is 3.79. The highest BCUT2D eigenvalue weighted by molar-refractivity contribution is 7.90. The quantitative estimate of drug-likeness (QED) is 0.807. The number of nitrogens with two attached hydrogens (primary N) is 1. The summed E-state index contributed by atoms with van der Waals surface area (Å²) < 4.78 is 25.3. The van der Waals surface area contributed by atoms with E-state index in [1.54, 1.807) is 36.4 Å². The molecule has 1 heterocycles. The minimum Gasteiger partial charge on any atom is -0.384 e. The maximum atomic E-state index is 12.6. The van der Waals surface area contributed by atoms with E-state index in [0.717, 1.165) is 10.9 Å². The average molecular weight is 298 g/mol. The molecule has 106 valence electrons. The topological polar surface area (TPSA) is 73.1 Å². The summed E-state index contributed by atoms with van der Waals surface area (Å²) in [4.78, 5) is 4.40. The van der Waals surface area contributed by atoms with Crippen LogP contribution in [0.1, 0.15) is 5.56 Å². The molecule has 1 aromatic heterocycles. The molecule has 0 atom stereocenters. The van der Waals surface area contributed by atoms with Crippen LogP contribution in [-0.2, 0) is 15.6 Å². The van der Waals surface area contributed by atoms with Crippen LogP contribution in [0.2, 0.25) is 0 Å². The lowest BCUT2D eigenvalue weighted by atomic mass is 10.2. The zero-order chi connectivity index (χ0) is 14.9. The average Bonchev–Trinajstić information content (AvgIpc) is 2.47. The van der Waals surface area contributed by atoms with E-state index in [9.17, 15) is 8.42 Å². The van der Waals surface area contributed by atoms with E-state index in [1.807, 2.05) is 24.3 Å². The predicted molar refractivity (Wildman–Crippen MR) is 83.5 cm³/mol. The molecule has 4 nitrogen and oxygen atoms in total. The first kappa shape index (κ1) is 13.6.